The number of amides is 3. The standard InChI is InChI=1S/C13H14F2N2O5/c1-2-16-13(20)17-10(18)7-21-11(19)8-3-5-9(6-4-8)22-12(14)15/h3-6,12H,2,7H2,1H3,(H2,16,17,18,20). The molecule has 7 nitrogen and oxygen atoms in total. The highest BCUT2D eigenvalue weighted by Gasteiger charge is 2.12. The van der Waals surface area contributed by atoms with Gasteiger partial charge in [-0.1, -0.05) is 0 Å². The molecule has 0 heterocycles. The zero-order valence-electron chi connectivity index (χ0n) is 11.6. The van der Waals surface area contributed by atoms with Gasteiger partial charge in [0.05, 0.1) is 5.56 Å². The van der Waals surface area contributed by atoms with Gasteiger partial charge in [-0.2, -0.15) is 8.78 Å². The molecule has 2 N–H and O–H groups in total. The molecule has 0 unspecified atom stereocenters. The number of urea groups is 1. The zero-order chi connectivity index (χ0) is 16.5. The molecule has 0 aromatic heterocycles. The number of hydrogen-bond donors (Lipinski definition) is 2. The highest BCUT2D eigenvalue weighted by molar-refractivity contribution is 5.97. The second-order valence-electron chi connectivity index (χ2n) is 3.89. The first-order valence-corrected chi connectivity index (χ1v) is 6.22. The third-order valence-corrected chi connectivity index (χ3v) is 2.24. The van der Waals surface area contributed by atoms with Gasteiger partial charge < -0.3 is 14.8 Å². The molecule has 0 bridgehead atoms. The summed E-state index contributed by atoms with van der Waals surface area (Å²) in [6.07, 6.45) is 0. The molecule has 1 aromatic rings. The minimum absolute atomic E-state index is 0.0485. The highest BCUT2D eigenvalue weighted by Crippen LogP contribution is 2.15. The van der Waals surface area contributed by atoms with Gasteiger partial charge >= 0.3 is 18.6 Å². The van der Waals surface area contributed by atoms with Crippen LogP contribution in [-0.4, -0.2) is 37.7 Å². The van der Waals surface area contributed by atoms with Crippen LogP contribution in [0.3, 0.4) is 0 Å². The van der Waals surface area contributed by atoms with Crippen molar-refractivity contribution in [1.29, 1.82) is 0 Å². The van der Waals surface area contributed by atoms with E-state index in [9.17, 15) is 23.2 Å². The predicted octanol–water partition coefficient (Wildman–Crippen LogP) is 1.29. The fourth-order valence-corrected chi connectivity index (χ4v) is 1.35. The molecule has 0 radical (unpaired) electrons. The van der Waals surface area contributed by atoms with E-state index in [2.05, 4.69) is 14.8 Å². The Morgan fingerprint density at radius 1 is 1.18 bits per heavy atom. The second-order valence-corrected chi connectivity index (χ2v) is 3.89. The number of hydrogen-bond acceptors (Lipinski definition) is 5. The molecule has 1 rings (SSSR count). The van der Waals surface area contributed by atoms with Gasteiger partial charge in [0.15, 0.2) is 6.61 Å². The molecule has 22 heavy (non-hydrogen) atoms. The summed E-state index contributed by atoms with van der Waals surface area (Å²) < 4.78 is 32.7. The average molecular weight is 316 g/mol. The van der Waals surface area contributed by atoms with Gasteiger partial charge in [-0.15, -0.1) is 0 Å². The minimum atomic E-state index is -2.96. The van der Waals surface area contributed by atoms with Crippen molar-refractivity contribution >= 4 is 17.9 Å². The Bertz CT molecular complexity index is 534. The lowest BCUT2D eigenvalue weighted by Crippen LogP contribution is -2.41. The summed E-state index contributed by atoms with van der Waals surface area (Å²) in [6, 6.07) is 4.05. The first kappa shape index (κ1) is 17.3. The Morgan fingerprint density at radius 2 is 1.82 bits per heavy atom. The van der Waals surface area contributed by atoms with E-state index in [0.717, 1.165) is 12.1 Å². The molecule has 0 saturated heterocycles. The summed E-state index contributed by atoms with van der Waals surface area (Å²) in [5.41, 5.74) is 0.0485. The summed E-state index contributed by atoms with van der Waals surface area (Å²) in [7, 11) is 0. The van der Waals surface area contributed by atoms with Crippen LogP contribution in [0.5, 0.6) is 5.75 Å². The lowest BCUT2D eigenvalue weighted by Gasteiger charge is -2.07. The number of carbonyl (C=O) groups excluding carboxylic acids is 3. The number of benzene rings is 1. The first-order valence-electron chi connectivity index (χ1n) is 6.22. The molecular formula is C13H14F2N2O5. The van der Waals surface area contributed by atoms with Gasteiger partial charge in [0.2, 0.25) is 0 Å². The average Bonchev–Trinajstić information content (AvgIpc) is 2.45. The fraction of sp³-hybridized carbons (Fsp3) is 0.308. The van der Waals surface area contributed by atoms with Gasteiger partial charge in [-0.25, -0.2) is 9.59 Å². The maximum Gasteiger partial charge on any atom is 0.387 e. The molecule has 1 aromatic carbocycles. The minimum Gasteiger partial charge on any atom is -0.452 e. The van der Waals surface area contributed by atoms with Crippen LogP contribution < -0.4 is 15.4 Å². The molecule has 0 fully saturated rings. The molecule has 0 atom stereocenters. The van der Waals surface area contributed by atoms with E-state index in [4.69, 9.17) is 0 Å². The summed E-state index contributed by atoms with van der Waals surface area (Å²) in [6.45, 7) is -1.60. The molecule has 3 amide bonds. The molecule has 0 aliphatic rings. The molecule has 0 saturated carbocycles. The molecule has 0 aliphatic carbocycles. The van der Waals surface area contributed by atoms with Crippen molar-refractivity contribution in [2.24, 2.45) is 0 Å². The molecular weight excluding hydrogens is 302 g/mol. The van der Waals surface area contributed by atoms with Crippen molar-refractivity contribution in [3.8, 4) is 5.75 Å². The zero-order valence-corrected chi connectivity index (χ0v) is 11.6. The van der Waals surface area contributed by atoms with Crippen LogP contribution in [0.15, 0.2) is 24.3 Å². The predicted molar refractivity (Wildman–Crippen MR) is 70.6 cm³/mol. The van der Waals surface area contributed by atoms with E-state index < -0.39 is 31.1 Å². The number of imide groups is 1. The van der Waals surface area contributed by atoms with Crippen LogP contribution >= 0.6 is 0 Å². The van der Waals surface area contributed by atoms with Gasteiger partial charge in [0, 0.05) is 6.54 Å². The quantitative estimate of drug-likeness (QED) is 0.771. The van der Waals surface area contributed by atoms with Crippen LogP contribution in [0.2, 0.25) is 0 Å². The number of halogens is 2. The monoisotopic (exact) mass is 316 g/mol. The molecule has 0 spiro atoms. The molecule has 120 valence electrons. The van der Waals surface area contributed by atoms with Crippen LogP contribution in [0.1, 0.15) is 17.3 Å². The van der Waals surface area contributed by atoms with E-state index >= 15 is 0 Å². The summed E-state index contributed by atoms with van der Waals surface area (Å²) >= 11 is 0. The van der Waals surface area contributed by atoms with Gasteiger partial charge in [0.1, 0.15) is 5.75 Å². The Balaban J connectivity index is 2.45. The third kappa shape index (κ3) is 6.16. The van der Waals surface area contributed by atoms with E-state index in [1.54, 1.807) is 6.92 Å². The Labute approximate surface area is 124 Å². The number of alkyl halides is 2. The Kier molecular flexibility index (Phi) is 6.74. The van der Waals surface area contributed by atoms with Crippen molar-refractivity contribution < 1.29 is 32.6 Å². The van der Waals surface area contributed by atoms with Crippen molar-refractivity contribution in [2.75, 3.05) is 13.2 Å². The van der Waals surface area contributed by atoms with Gasteiger partial charge in [-0.3, -0.25) is 10.1 Å². The maximum atomic E-state index is 12.0. The van der Waals surface area contributed by atoms with Crippen molar-refractivity contribution in [3.63, 3.8) is 0 Å². The SMILES string of the molecule is CCNC(=O)NC(=O)COC(=O)c1ccc(OC(F)F)cc1. The first-order chi connectivity index (χ1) is 10.4. The Morgan fingerprint density at radius 3 is 2.36 bits per heavy atom. The molecule has 9 heteroatoms. The second kappa shape index (κ2) is 8.55. The molecule has 0 aliphatic heterocycles. The normalized spacial score (nSPS) is 10.0. The number of rotatable bonds is 6. The largest absolute Gasteiger partial charge is 0.452 e. The van der Waals surface area contributed by atoms with Crippen molar-refractivity contribution in [1.82, 2.24) is 10.6 Å². The van der Waals surface area contributed by atoms with E-state index in [-0.39, 0.29) is 11.3 Å². The lowest BCUT2D eigenvalue weighted by molar-refractivity contribution is -0.123. The van der Waals surface area contributed by atoms with Crippen molar-refractivity contribution in [3.05, 3.63) is 29.8 Å². The lowest BCUT2D eigenvalue weighted by atomic mass is 10.2. The Hall–Kier alpha value is -2.71. The highest BCUT2D eigenvalue weighted by atomic mass is 19.3. The number of esters is 1. The third-order valence-electron chi connectivity index (χ3n) is 2.24. The number of carbonyl (C=O) groups is 3. The van der Waals surface area contributed by atoms with E-state index in [0.29, 0.717) is 6.54 Å². The summed E-state index contributed by atoms with van der Waals surface area (Å²) in [5, 5.41) is 4.28. The van der Waals surface area contributed by atoms with E-state index in [1.165, 1.54) is 12.1 Å². The topological polar surface area (TPSA) is 93.7 Å². The van der Waals surface area contributed by atoms with E-state index in [1.807, 2.05) is 5.32 Å². The number of nitrogens with one attached hydrogen (secondary N) is 2. The van der Waals surface area contributed by atoms with Gasteiger partial charge in [-0.05, 0) is 31.2 Å². The van der Waals surface area contributed by atoms with Gasteiger partial charge in [0.25, 0.3) is 5.91 Å². The van der Waals surface area contributed by atoms with Crippen LogP contribution in [-0.2, 0) is 9.53 Å². The summed E-state index contributed by atoms with van der Waals surface area (Å²) in [5.74, 6) is -1.74. The van der Waals surface area contributed by atoms with Crippen LogP contribution in [0.4, 0.5) is 13.6 Å². The fourth-order valence-electron chi connectivity index (χ4n) is 1.35. The van der Waals surface area contributed by atoms with Crippen LogP contribution in [0, 0.1) is 0 Å². The van der Waals surface area contributed by atoms with Crippen molar-refractivity contribution in [2.45, 2.75) is 13.5 Å². The smallest absolute Gasteiger partial charge is 0.387 e. The maximum absolute atomic E-state index is 12.0. The summed E-state index contributed by atoms with van der Waals surface area (Å²) in [4.78, 5) is 33.9. The van der Waals surface area contributed by atoms with Crippen LogP contribution in [0.25, 0.3) is 0 Å². The number of ether oxygens (including phenoxy) is 2.